The summed E-state index contributed by atoms with van der Waals surface area (Å²) in [5.74, 6) is -20.3. The van der Waals surface area contributed by atoms with Crippen LogP contribution in [0.1, 0.15) is 111 Å². The Kier molecular flexibility index (Phi) is 27.5. The van der Waals surface area contributed by atoms with Gasteiger partial charge in [0.05, 0.1) is 56.9 Å². The second kappa shape index (κ2) is 36.8. The largest absolute Gasteiger partial charge is 0.458 e. The molecule has 0 aliphatic carbocycles. The lowest BCUT2D eigenvalue weighted by atomic mass is 10.1. The molecule has 4 aromatic rings. The number of halogens is 4. The summed E-state index contributed by atoms with van der Waals surface area (Å²) in [7, 11) is 0. The first kappa shape index (κ1) is 80.5. The van der Waals surface area contributed by atoms with Gasteiger partial charge in [0.15, 0.2) is 51.2 Å². The number of aliphatic hydroxyl groups is 12. The van der Waals surface area contributed by atoms with Crippen LogP contribution < -0.4 is 67.9 Å². The third kappa shape index (κ3) is 20.3. The Labute approximate surface area is 611 Å². The third-order valence-electron chi connectivity index (χ3n) is 16.3. The Morgan fingerprint density at radius 1 is 0.417 bits per heavy atom. The van der Waals surface area contributed by atoms with Gasteiger partial charge in [0.25, 0.3) is 45.7 Å². The molecule has 8 heterocycles. The Morgan fingerprint density at radius 3 is 0.935 bits per heavy atom. The number of hydrogen-bond acceptors (Lipinski definition) is 36. The zero-order chi connectivity index (χ0) is 87.5. The van der Waals surface area contributed by atoms with Crippen molar-refractivity contribution in [1.29, 1.82) is 0 Å². The lowest BCUT2D eigenvalue weighted by Crippen LogP contribution is -2.46. The van der Waals surface area contributed by atoms with Crippen LogP contribution in [0.15, 0.2) is 63.1 Å². The maximum Gasteiger partial charge on any atom is 0.330 e. The van der Waals surface area contributed by atoms with Gasteiger partial charge in [-0.3, -0.25) is 76.6 Å². The van der Waals surface area contributed by atoms with Gasteiger partial charge in [0.1, 0.15) is 73.0 Å². The van der Waals surface area contributed by atoms with E-state index in [0.29, 0.717) is 26.1 Å². The van der Waals surface area contributed by atoms with E-state index >= 15 is 13.2 Å². The molecule has 4 aliphatic heterocycles. The average Bonchev–Trinajstić information content (AvgIpc) is 1.49. The number of hydrogen-bond donors (Lipinski definition) is 20. The highest BCUT2D eigenvalue weighted by molar-refractivity contribution is 5.77. The minimum Gasteiger partial charge on any atom is -0.458 e. The zero-order valence-corrected chi connectivity index (χ0v) is 58.1. The summed E-state index contributed by atoms with van der Waals surface area (Å²) >= 11 is 0. The predicted molar refractivity (Wildman–Crippen MR) is 348 cm³/mol. The van der Waals surface area contributed by atoms with Gasteiger partial charge in [-0.15, -0.1) is 0 Å². The van der Waals surface area contributed by atoms with Crippen molar-refractivity contribution in [2.45, 2.75) is 203 Å². The molecule has 4 aromatic heterocycles. The normalized spacial score (nSPS) is 31.6. The third-order valence-corrected chi connectivity index (χ3v) is 16.3. The molecule has 0 unspecified atom stereocenters. The average molecular weight is 1570 g/mol. The molecule has 8 rings (SSSR count). The fourth-order valence-electron chi connectivity index (χ4n) is 9.17. The number of H-pyrrole nitrogens is 4. The number of alkyl halides is 4. The molecule has 48 heteroatoms. The highest BCUT2D eigenvalue weighted by atomic mass is 19.2. The van der Waals surface area contributed by atoms with E-state index in [2.05, 4.69) is 14.2 Å². The summed E-state index contributed by atoms with van der Waals surface area (Å²) in [5, 5.41) is 117. The lowest BCUT2D eigenvalue weighted by molar-refractivity contribution is -0.217. The van der Waals surface area contributed by atoms with Gasteiger partial charge >= 0.3 is 46.6 Å². The number of rotatable bonds is 24. The van der Waals surface area contributed by atoms with Crippen molar-refractivity contribution in [3.63, 3.8) is 0 Å². The number of aromatic nitrogens is 8. The second-order valence-electron chi connectivity index (χ2n) is 25.6. The Bertz CT molecular complexity index is 4640. The van der Waals surface area contributed by atoms with Crippen LogP contribution in [0, 0.1) is 23.7 Å². The number of ether oxygens (including phenoxy) is 8. The van der Waals surface area contributed by atoms with Gasteiger partial charge in [0.2, 0.25) is 0 Å². The van der Waals surface area contributed by atoms with Crippen LogP contribution >= 0.6 is 0 Å². The summed E-state index contributed by atoms with van der Waals surface area (Å²) in [6, 6.07) is -4.77. The Balaban J connectivity index is 0.000000272. The zero-order valence-electron chi connectivity index (χ0n) is 64.1. The number of nitrogens with one attached hydrogen (secondary N) is 4. The van der Waals surface area contributed by atoms with E-state index in [9.17, 15) is 103 Å². The van der Waals surface area contributed by atoms with Crippen molar-refractivity contribution in [2.75, 3.05) is 26.3 Å². The van der Waals surface area contributed by atoms with Gasteiger partial charge < -0.3 is 122 Å². The van der Waals surface area contributed by atoms with E-state index < -0.39 is 260 Å². The number of nitrogens with zero attached hydrogens (tertiary/aromatic N) is 4. The number of nitrogens with two attached hydrogens (primary N) is 4. The van der Waals surface area contributed by atoms with Crippen molar-refractivity contribution >= 4 is 23.9 Å². The number of aliphatic hydroxyl groups excluding tert-OH is 12. The van der Waals surface area contributed by atoms with E-state index in [0.717, 1.165) is 12.4 Å². The van der Waals surface area contributed by atoms with Gasteiger partial charge in [-0.25, -0.2) is 36.7 Å². The van der Waals surface area contributed by atoms with Crippen molar-refractivity contribution < 1.29 is 144 Å². The lowest BCUT2D eigenvalue weighted by Gasteiger charge is -2.24. The van der Waals surface area contributed by atoms with Gasteiger partial charge in [-0.1, -0.05) is 55.4 Å². The maximum atomic E-state index is 15.5. The summed E-state index contributed by atoms with van der Waals surface area (Å²) in [6.45, 7) is -0.296. The smallest absolute Gasteiger partial charge is 0.330 e. The quantitative estimate of drug-likeness (QED) is 0.0176. The van der Waals surface area contributed by atoms with E-state index in [1.54, 1.807) is 42.6 Å². The van der Waals surface area contributed by atoms with Crippen LogP contribution in [0.5, 0.6) is 0 Å². The first-order valence-corrected chi connectivity index (χ1v) is 31.9. The number of esters is 4. The van der Waals surface area contributed by atoms with Gasteiger partial charge in [-0.2, -0.15) is 0 Å². The van der Waals surface area contributed by atoms with Gasteiger partial charge in [-0.05, 0) is 23.7 Å². The van der Waals surface area contributed by atoms with Crippen LogP contribution in [0.25, 0.3) is 0 Å². The highest BCUT2D eigenvalue weighted by Crippen LogP contribution is 2.42. The summed E-state index contributed by atoms with van der Waals surface area (Å²) in [4.78, 5) is 149. The fraction of sp³-hybridized carbons (Fsp3) is 0.667. The molecular formula is C60H88F4N12O32. The molecular weight excluding hydrogens is 1480 g/mol. The molecule has 24 N–H and O–H groups in total. The van der Waals surface area contributed by atoms with Crippen molar-refractivity contribution in [2.24, 2.45) is 46.6 Å². The Hall–Kier alpha value is -8.48. The first-order valence-electron chi connectivity index (χ1n) is 34.9. The monoisotopic (exact) mass is 1570 g/mol. The molecule has 608 valence electrons. The molecule has 0 saturated carbocycles. The molecule has 4 fully saturated rings. The fourth-order valence-corrected chi connectivity index (χ4v) is 9.17. The van der Waals surface area contributed by atoms with E-state index in [-0.39, 0.29) is 33.1 Å². The van der Waals surface area contributed by atoms with Crippen LogP contribution in [-0.4, -0.2) is 246 Å². The number of aromatic amines is 4. The van der Waals surface area contributed by atoms with Crippen LogP contribution in [0.2, 0.25) is 0 Å². The highest BCUT2D eigenvalue weighted by Gasteiger charge is 2.61. The van der Waals surface area contributed by atoms with Gasteiger partial charge in [0, 0.05) is 24.8 Å². The molecule has 108 heavy (non-hydrogen) atoms. The van der Waals surface area contributed by atoms with Crippen LogP contribution in [0.3, 0.4) is 0 Å². The predicted octanol–water partition coefficient (Wildman–Crippen LogP) is -10.1. The number of carbonyl (C=O) groups is 4. The van der Waals surface area contributed by atoms with E-state index in [1.165, 1.54) is 27.7 Å². The molecule has 0 bridgehead atoms. The maximum absolute atomic E-state index is 15.5. The van der Waals surface area contributed by atoms with Crippen LogP contribution in [-0.2, 0) is 83.5 Å². The molecule has 20 atom stereocenters. The Morgan fingerprint density at radius 2 is 0.639 bits per heavy atom. The van der Waals surface area contributed by atoms with E-state index in [1.807, 2.05) is 4.98 Å². The topological polar surface area (TPSA) is 708 Å². The minimum atomic E-state index is -4.02. The molecule has 0 radical (unpaired) electrons. The summed E-state index contributed by atoms with van der Waals surface area (Å²) < 4.78 is 147. The molecule has 44 nitrogen and oxygen atoms in total. The van der Waals surface area contributed by atoms with E-state index in [4.69, 9.17) is 75.3 Å². The number of carbonyl (C=O) groups excluding carboxylic acids is 4. The molecule has 0 aromatic carbocycles. The minimum absolute atomic E-state index is 0.146. The standard InChI is InChI=1S/4C15H22FN3O8/c4*1-6(2)8(17)13(24)26-5-15(16)10(22)9(21)12(27-15)19-3-7(4-20)11(23)18-14(19)25/h4*3,6,8-10,12,20-22H,4-5,17H2,1-2H3,(H,18,23,25)/t4*8-,9+,10-,12+,15+/m0000/s1/i5D2,12D;12D;5D2;. The second-order valence-corrected chi connectivity index (χ2v) is 25.6. The molecule has 4 saturated heterocycles. The molecule has 4 aliphatic rings. The van der Waals surface area contributed by atoms with Crippen molar-refractivity contribution in [3.05, 3.63) is 130 Å². The van der Waals surface area contributed by atoms with Crippen LogP contribution in [0.4, 0.5) is 17.6 Å². The van der Waals surface area contributed by atoms with Crippen molar-refractivity contribution in [3.8, 4) is 0 Å². The summed E-state index contributed by atoms with van der Waals surface area (Å²) in [6.07, 6.45) is -26.0. The molecule has 0 amide bonds. The molecule has 0 spiro atoms. The SMILES string of the molecule is CC(C)[C@H](N)C(=O)OC[C@@]1(F)O[C@@H](n2cc(CO)c(=O)[nH]c2=O)[C@H](O)[C@@H]1O.[2H]C([2H])(OC(=O)[C@@H](N)C(C)C)[C@@]1(F)O[C@@H](n2cc(CO)c(=O)[nH]c2=O)[C@H](O)[C@@H]1O.[2H]C([2H])(OC(=O)[C@@H](N)C(C)C)[C@@]1(F)O[C@@]([2H])(n2cc(CO)c(=O)[nH]c2=O)[C@H](O)[C@@H]1O.[2H][C@@]1(n2cc(CO)c(=O)[nH]c2=O)O[C@](F)(COC(=O)[C@@H](N)C(C)C)[C@@H](O)[C@H]1O. The first-order chi connectivity index (χ1) is 52.3. The van der Waals surface area contributed by atoms with Crippen molar-refractivity contribution in [1.82, 2.24) is 38.2 Å². The summed E-state index contributed by atoms with van der Waals surface area (Å²) in [5.41, 5.74) is 12.1.